The predicted molar refractivity (Wildman–Crippen MR) is 112 cm³/mol. The van der Waals surface area contributed by atoms with Crippen molar-refractivity contribution >= 4 is 11.6 Å². The molecule has 4 rings (SSSR count). The number of hydrogen-bond acceptors (Lipinski definition) is 3. The van der Waals surface area contributed by atoms with Crippen LogP contribution in [0, 0.1) is 6.92 Å². The lowest BCUT2D eigenvalue weighted by molar-refractivity contribution is 0.102. The van der Waals surface area contributed by atoms with Crippen LogP contribution < -0.4 is 5.32 Å². The molecule has 0 atom stereocenters. The monoisotopic (exact) mass is 374 g/mol. The fraction of sp³-hybridized carbons (Fsp3) is 0.304. The van der Waals surface area contributed by atoms with Gasteiger partial charge in [-0.3, -0.25) is 14.8 Å². The Labute approximate surface area is 165 Å². The number of hydrogen-bond donors (Lipinski definition) is 2. The van der Waals surface area contributed by atoms with E-state index in [9.17, 15) is 4.79 Å². The van der Waals surface area contributed by atoms with Crippen molar-refractivity contribution in [2.75, 3.05) is 18.4 Å². The summed E-state index contributed by atoms with van der Waals surface area (Å²) in [6.45, 7) is 5.39. The second-order valence-electron chi connectivity index (χ2n) is 7.52. The third kappa shape index (κ3) is 4.49. The molecule has 1 aliphatic rings. The molecule has 144 valence electrons. The van der Waals surface area contributed by atoms with Crippen molar-refractivity contribution in [3.05, 3.63) is 71.4 Å². The minimum Gasteiger partial charge on any atom is -0.321 e. The summed E-state index contributed by atoms with van der Waals surface area (Å²) < 4.78 is 0. The molecule has 0 saturated carbocycles. The molecule has 1 aromatic heterocycles. The average molecular weight is 374 g/mol. The van der Waals surface area contributed by atoms with Gasteiger partial charge in [0.15, 0.2) is 0 Å². The number of nitrogens with zero attached hydrogens (tertiary/aromatic N) is 2. The molecule has 1 amide bonds. The van der Waals surface area contributed by atoms with Gasteiger partial charge in [0.05, 0.1) is 5.69 Å². The molecule has 2 N–H and O–H groups in total. The number of aryl methyl sites for hydroxylation is 1. The molecule has 1 aliphatic heterocycles. The lowest BCUT2D eigenvalue weighted by atomic mass is 10.1. The van der Waals surface area contributed by atoms with Crippen molar-refractivity contribution in [2.45, 2.75) is 32.7 Å². The highest BCUT2D eigenvalue weighted by Gasteiger charge is 2.13. The molecule has 0 radical (unpaired) electrons. The van der Waals surface area contributed by atoms with Gasteiger partial charge in [0, 0.05) is 17.8 Å². The van der Waals surface area contributed by atoms with Crippen LogP contribution in [0.25, 0.3) is 11.3 Å². The van der Waals surface area contributed by atoms with E-state index in [0.717, 1.165) is 23.5 Å². The Bertz CT molecular complexity index is 922. The molecule has 0 bridgehead atoms. The fourth-order valence-electron chi connectivity index (χ4n) is 3.58. The second kappa shape index (κ2) is 8.40. The SMILES string of the molecule is Cc1ccc(-c2cc(C(=O)Nc3ccc(CN4CCCCC4)cc3)[nH]n2)cc1. The summed E-state index contributed by atoms with van der Waals surface area (Å²) in [6.07, 6.45) is 3.94. The van der Waals surface area contributed by atoms with Gasteiger partial charge < -0.3 is 5.32 Å². The molecule has 5 heteroatoms. The van der Waals surface area contributed by atoms with E-state index in [1.807, 2.05) is 43.3 Å². The highest BCUT2D eigenvalue weighted by molar-refractivity contribution is 6.03. The lowest BCUT2D eigenvalue weighted by Gasteiger charge is -2.26. The van der Waals surface area contributed by atoms with E-state index < -0.39 is 0 Å². The van der Waals surface area contributed by atoms with Crippen LogP contribution in [0.15, 0.2) is 54.6 Å². The van der Waals surface area contributed by atoms with Gasteiger partial charge in [-0.1, -0.05) is 48.4 Å². The molecular weight excluding hydrogens is 348 g/mol. The Morgan fingerprint density at radius 3 is 2.46 bits per heavy atom. The van der Waals surface area contributed by atoms with Crippen molar-refractivity contribution in [2.24, 2.45) is 0 Å². The largest absolute Gasteiger partial charge is 0.321 e. The number of carbonyl (C=O) groups excluding carboxylic acids is 1. The molecule has 5 nitrogen and oxygen atoms in total. The van der Waals surface area contributed by atoms with Gasteiger partial charge in [-0.2, -0.15) is 5.10 Å². The summed E-state index contributed by atoms with van der Waals surface area (Å²) in [6, 6.07) is 18.0. The number of carbonyl (C=O) groups is 1. The van der Waals surface area contributed by atoms with Crippen LogP contribution >= 0.6 is 0 Å². The summed E-state index contributed by atoms with van der Waals surface area (Å²) in [5.41, 5.74) is 5.47. The smallest absolute Gasteiger partial charge is 0.273 e. The van der Waals surface area contributed by atoms with Crippen LogP contribution in [-0.2, 0) is 6.54 Å². The van der Waals surface area contributed by atoms with Crippen molar-refractivity contribution in [1.29, 1.82) is 0 Å². The Hall–Kier alpha value is -2.92. The summed E-state index contributed by atoms with van der Waals surface area (Å²) in [5, 5.41) is 10.0. The van der Waals surface area contributed by atoms with E-state index in [1.165, 1.54) is 43.5 Å². The van der Waals surface area contributed by atoms with Crippen LogP contribution in [0.1, 0.15) is 40.9 Å². The number of rotatable bonds is 5. The van der Waals surface area contributed by atoms with E-state index in [0.29, 0.717) is 5.69 Å². The molecular formula is C23H26N4O. The number of nitrogens with one attached hydrogen (secondary N) is 2. The third-order valence-electron chi connectivity index (χ3n) is 5.24. The molecule has 2 heterocycles. The first kappa shape index (κ1) is 18.4. The summed E-state index contributed by atoms with van der Waals surface area (Å²) in [7, 11) is 0. The van der Waals surface area contributed by atoms with Crippen molar-refractivity contribution in [3.8, 4) is 11.3 Å². The van der Waals surface area contributed by atoms with Crippen molar-refractivity contribution in [3.63, 3.8) is 0 Å². The molecule has 1 fully saturated rings. The number of piperidine rings is 1. The van der Waals surface area contributed by atoms with E-state index in [-0.39, 0.29) is 5.91 Å². The van der Waals surface area contributed by atoms with Gasteiger partial charge in [-0.15, -0.1) is 0 Å². The Kier molecular flexibility index (Phi) is 5.53. The highest BCUT2D eigenvalue weighted by Crippen LogP contribution is 2.19. The van der Waals surface area contributed by atoms with Gasteiger partial charge in [0.1, 0.15) is 5.69 Å². The number of amides is 1. The Balaban J connectivity index is 1.37. The Morgan fingerprint density at radius 2 is 1.75 bits per heavy atom. The molecule has 2 aromatic carbocycles. The predicted octanol–water partition coefficient (Wildman–Crippen LogP) is 4.62. The first-order chi connectivity index (χ1) is 13.7. The maximum Gasteiger partial charge on any atom is 0.273 e. The quantitative estimate of drug-likeness (QED) is 0.685. The summed E-state index contributed by atoms with van der Waals surface area (Å²) >= 11 is 0. The van der Waals surface area contributed by atoms with E-state index in [1.54, 1.807) is 6.07 Å². The maximum atomic E-state index is 12.5. The Morgan fingerprint density at radius 1 is 1.04 bits per heavy atom. The standard InChI is InChI=1S/C23H26N4O/c1-17-5-9-19(10-6-17)21-15-22(26-25-21)23(28)24-20-11-7-18(8-12-20)16-27-13-3-2-4-14-27/h5-12,15H,2-4,13-14,16H2,1H3,(H,24,28)(H,25,26). The van der Waals surface area contributed by atoms with Crippen LogP contribution in [0.4, 0.5) is 5.69 Å². The average Bonchev–Trinajstić information content (AvgIpc) is 3.21. The number of benzene rings is 2. The molecule has 0 aliphatic carbocycles. The van der Waals surface area contributed by atoms with E-state index >= 15 is 0 Å². The molecule has 28 heavy (non-hydrogen) atoms. The molecule has 1 saturated heterocycles. The van der Waals surface area contributed by atoms with Gasteiger partial charge >= 0.3 is 0 Å². The van der Waals surface area contributed by atoms with Gasteiger partial charge in [0.2, 0.25) is 0 Å². The minimum atomic E-state index is -0.186. The fourth-order valence-corrected chi connectivity index (χ4v) is 3.58. The zero-order chi connectivity index (χ0) is 19.3. The molecule has 3 aromatic rings. The lowest BCUT2D eigenvalue weighted by Crippen LogP contribution is -2.29. The third-order valence-corrected chi connectivity index (χ3v) is 5.24. The maximum absolute atomic E-state index is 12.5. The van der Waals surface area contributed by atoms with Gasteiger partial charge in [-0.25, -0.2) is 0 Å². The van der Waals surface area contributed by atoms with Crippen LogP contribution in [-0.4, -0.2) is 34.1 Å². The summed E-state index contributed by atoms with van der Waals surface area (Å²) in [4.78, 5) is 15.0. The van der Waals surface area contributed by atoms with E-state index in [2.05, 4.69) is 32.5 Å². The number of aromatic nitrogens is 2. The first-order valence-electron chi connectivity index (χ1n) is 9.92. The number of anilines is 1. The highest BCUT2D eigenvalue weighted by atomic mass is 16.1. The van der Waals surface area contributed by atoms with E-state index in [4.69, 9.17) is 0 Å². The topological polar surface area (TPSA) is 61.0 Å². The zero-order valence-corrected chi connectivity index (χ0v) is 16.2. The molecule has 0 unspecified atom stereocenters. The minimum absolute atomic E-state index is 0.186. The second-order valence-corrected chi connectivity index (χ2v) is 7.52. The summed E-state index contributed by atoms with van der Waals surface area (Å²) in [5.74, 6) is -0.186. The normalized spacial score (nSPS) is 14.8. The molecule has 0 spiro atoms. The first-order valence-corrected chi connectivity index (χ1v) is 9.92. The number of H-pyrrole nitrogens is 1. The number of likely N-dealkylation sites (tertiary alicyclic amines) is 1. The van der Waals surface area contributed by atoms with Crippen LogP contribution in [0.3, 0.4) is 0 Å². The zero-order valence-electron chi connectivity index (χ0n) is 16.2. The van der Waals surface area contributed by atoms with Gasteiger partial charge in [-0.05, 0) is 56.6 Å². The van der Waals surface area contributed by atoms with Gasteiger partial charge in [0.25, 0.3) is 5.91 Å². The van der Waals surface area contributed by atoms with Crippen molar-refractivity contribution in [1.82, 2.24) is 15.1 Å². The van der Waals surface area contributed by atoms with Crippen LogP contribution in [0.2, 0.25) is 0 Å². The van der Waals surface area contributed by atoms with Crippen LogP contribution in [0.5, 0.6) is 0 Å². The number of aromatic amines is 1. The van der Waals surface area contributed by atoms with Crippen molar-refractivity contribution < 1.29 is 4.79 Å².